The van der Waals surface area contributed by atoms with E-state index in [1.165, 1.54) is 0 Å². The Morgan fingerprint density at radius 3 is 2.29 bits per heavy atom. The van der Waals surface area contributed by atoms with Crippen LogP contribution in [0.3, 0.4) is 0 Å². The molecule has 0 fully saturated rings. The molecule has 4 heteroatoms. The smallest absolute Gasteiger partial charge is 0.252 e. The number of nitrogens with one attached hydrogen (secondary N) is 1. The van der Waals surface area contributed by atoms with Gasteiger partial charge in [0.2, 0.25) is 0 Å². The minimum Gasteiger partial charge on any atom is -0.336 e. The minimum absolute atomic E-state index is 0.206. The van der Waals surface area contributed by atoms with Crippen LogP contribution < -0.4 is 5.32 Å². The monoisotopic (exact) mass is 342 g/mol. The number of carbonyl (C=O) groups excluding carboxylic acids is 1. The van der Waals surface area contributed by atoms with Gasteiger partial charge < -0.3 is 5.32 Å². The van der Waals surface area contributed by atoms with Crippen LogP contribution in [0.25, 0.3) is 0 Å². The molecule has 1 N–H and O–H groups in total. The van der Waals surface area contributed by atoms with Crippen LogP contribution in [0.15, 0.2) is 24.3 Å². The first kappa shape index (κ1) is 14.0. The summed E-state index contributed by atoms with van der Waals surface area (Å²) < 4.78 is 1.08. The molecular weight excluding hydrogens is 327 g/mol. The summed E-state index contributed by atoms with van der Waals surface area (Å²) in [6.07, 6.45) is 0. The molecule has 1 amide bonds. The molecule has 0 heterocycles. The molecule has 1 aromatic rings. The topological polar surface area (TPSA) is 52.9 Å². The van der Waals surface area contributed by atoms with Crippen molar-refractivity contribution in [2.45, 2.75) is 26.8 Å². The van der Waals surface area contributed by atoms with Crippen molar-refractivity contribution >= 4 is 28.5 Å². The molecule has 90 valence electrons. The van der Waals surface area contributed by atoms with Gasteiger partial charge in [-0.2, -0.15) is 5.26 Å². The number of nitriles is 1. The third-order valence-electron chi connectivity index (χ3n) is 2.38. The second-order valence-corrected chi connectivity index (χ2v) is 6.15. The summed E-state index contributed by atoms with van der Waals surface area (Å²) in [5, 5.41) is 11.8. The van der Waals surface area contributed by atoms with E-state index in [1.807, 2.05) is 32.9 Å². The summed E-state index contributed by atoms with van der Waals surface area (Å²) in [4.78, 5) is 11.9. The SMILES string of the molecule is CC(C)(C)C(C#N)NC(=O)c1ccc(I)cc1. The fourth-order valence-corrected chi connectivity index (χ4v) is 1.62. The fraction of sp³-hybridized carbons (Fsp3) is 0.385. The molecule has 0 aliphatic heterocycles. The average molecular weight is 342 g/mol. The zero-order valence-electron chi connectivity index (χ0n) is 10.1. The molecule has 0 spiro atoms. The highest BCUT2D eigenvalue weighted by Crippen LogP contribution is 2.19. The highest BCUT2D eigenvalue weighted by molar-refractivity contribution is 14.1. The van der Waals surface area contributed by atoms with Crippen LogP contribution in [0.4, 0.5) is 0 Å². The maximum absolute atomic E-state index is 11.9. The van der Waals surface area contributed by atoms with E-state index in [0.717, 1.165) is 3.57 Å². The second kappa shape index (κ2) is 5.50. The number of amides is 1. The molecular formula is C13H15IN2O. The van der Waals surface area contributed by atoms with Gasteiger partial charge in [0.05, 0.1) is 6.07 Å². The number of benzene rings is 1. The lowest BCUT2D eigenvalue weighted by Gasteiger charge is -2.25. The molecule has 0 aliphatic carbocycles. The summed E-state index contributed by atoms with van der Waals surface area (Å²) in [7, 11) is 0. The molecule has 1 unspecified atom stereocenters. The Labute approximate surface area is 115 Å². The Bertz CT molecular complexity index is 440. The molecule has 1 atom stereocenters. The number of hydrogen-bond donors (Lipinski definition) is 1. The summed E-state index contributed by atoms with van der Waals surface area (Å²) >= 11 is 2.18. The maximum atomic E-state index is 11.9. The first-order chi connectivity index (χ1) is 7.84. The van der Waals surface area contributed by atoms with Crippen LogP contribution in [-0.2, 0) is 0 Å². The largest absolute Gasteiger partial charge is 0.336 e. The van der Waals surface area contributed by atoms with Crippen molar-refractivity contribution in [3.8, 4) is 6.07 Å². The third-order valence-corrected chi connectivity index (χ3v) is 3.10. The summed E-state index contributed by atoms with van der Waals surface area (Å²) in [5.41, 5.74) is 0.308. The van der Waals surface area contributed by atoms with Gasteiger partial charge in [-0.25, -0.2) is 0 Å². The fourth-order valence-electron chi connectivity index (χ4n) is 1.26. The third kappa shape index (κ3) is 4.00. The number of halogens is 1. The van der Waals surface area contributed by atoms with Crippen LogP contribution in [0.1, 0.15) is 31.1 Å². The van der Waals surface area contributed by atoms with Crippen LogP contribution in [0.2, 0.25) is 0 Å². The van der Waals surface area contributed by atoms with Gasteiger partial charge >= 0.3 is 0 Å². The zero-order valence-corrected chi connectivity index (χ0v) is 12.3. The Hall–Kier alpha value is -1.09. The molecule has 0 radical (unpaired) electrons. The maximum Gasteiger partial charge on any atom is 0.252 e. The van der Waals surface area contributed by atoms with Crippen LogP contribution >= 0.6 is 22.6 Å². The van der Waals surface area contributed by atoms with E-state index in [9.17, 15) is 4.79 Å². The molecule has 0 aromatic heterocycles. The Kier molecular flexibility index (Phi) is 4.52. The van der Waals surface area contributed by atoms with E-state index in [1.54, 1.807) is 12.1 Å². The van der Waals surface area contributed by atoms with E-state index in [0.29, 0.717) is 5.56 Å². The lowest BCUT2D eigenvalue weighted by molar-refractivity contribution is 0.0922. The van der Waals surface area contributed by atoms with Crippen molar-refractivity contribution in [2.24, 2.45) is 5.41 Å². The Morgan fingerprint density at radius 1 is 1.35 bits per heavy atom. The van der Waals surface area contributed by atoms with Gasteiger partial charge in [0.1, 0.15) is 6.04 Å². The van der Waals surface area contributed by atoms with Gasteiger partial charge in [0, 0.05) is 9.13 Å². The first-order valence-corrected chi connectivity index (χ1v) is 6.38. The quantitative estimate of drug-likeness (QED) is 0.840. The van der Waals surface area contributed by atoms with Crippen LogP contribution in [0.5, 0.6) is 0 Å². The van der Waals surface area contributed by atoms with E-state index in [-0.39, 0.29) is 11.3 Å². The van der Waals surface area contributed by atoms with Crippen LogP contribution in [-0.4, -0.2) is 11.9 Å². The zero-order chi connectivity index (χ0) is 13.1. The van der Waals surface area contributed by atoms with Crippen molar-refractivity contribution in [3.05, 3.63) is 33.4 Å². The lowest BCUT2D eigenvalue weighted by Crippen LogP contribution is -2.42. The van der Waals surface area contributed by atoms with Gasteiger partial charge in [0.25, 0.3) is 5.91 Å². The molecule has 0 bridgehead atoms. The van der Waals surface area contributed by atoms with E-state index in [4.69, 9.17) is 5.26 Å². The minimum atomic E-state index is -0.491. The molecule has 1 aromatic carbocycles. The number of hydrogen-bond acceptors (Lipinski definition) is 2. The van der Waals surface area contributed by atoms with Crippen molar-refractivity contribution in [1.82, 2.24) is 5.32 Å². The highest BCUT2D eigenvalue weighted by atomic mass is 127. The molecule has 0 aliphatic rings. The first-order valence-electron chi connectivity index (χ1n) is 5.30. The summed E-state index contributed by atoms with van der Waals surface area (Å²) in [6.45, 7) is 5.78. The van der Waals surface area contributed by atoms with Crippen molar-refractivity contribution in [3.63, 3.8) is 0 Å². The van der Waals surface area contributed by atoms with Crippen molar-refractivity contribution < 1.29 is 4.79 Å². The Morgan fingerprint density at radius 2 is 1.88 bits per heavy atom. The van der Waals surface area contributed by atoms with Gasteiger partial charge in [-0.15, -0.1) is 0 Å². The normalized spacial score (nSPS) is 12.6. The van der Waals surface area contributed by atoms with Crippen molar-refractivity contribution in [1.29, 1.82) is 5.26 Å². The lowest BCUT2D eigenvalue weighted by atomic mass is 9.87. The molecule has 17 heavy (non-hydrogen) atoms. The van der Waals surface area contributed by atoms with E-state index in [2.05, 4.69) is 34.0 Å². The number of nitrogens with zero attached hydrogens (tertiary/aromatic N) is 1. The average Bonchev–Trinajstić information content (AvgIpc) is 2.24. The summed E-state index contributed by atoms with van der Waals surface area (Å²) in [5.74, 6) is -0.206. The van der Waals surface area contributed by atoms with Gasteiger partial charge in [-0.1, -0.05) is 20.8 Å². The molecule has 1 rings (SSSR count). The number of carbonyl (C=O) groups is 1. The van der Waals surface area contributed by atoms with Crippen LogP contribution in [0, 0.1) is 20.3 Å². The van der Waals surface area contributed by atoms with Crippen molar-refractivity contribution in [2.75, 3.05) is 0 Å². The Balaban J connectivity index is 2.79. The predicted octanol–water partition coefficient (Wildman–Crippen LogP) is 2.96. The summed E-state index contributed by atoms with van der Waals surface area (Å²) in [6, 6.07) is 8.88. The standard InChI is InChI=1S/C13H15IN2O/c1-13(2,3)11(8-15)16-12(17)9-4-6-10(14)7-5-9/h4-7,11H,1-3H3,(H,16,17). The number of rotatable bonds is 2. The molecule has 0 saturated carbocycles. The van der Waals surface area contributed by atoms with Gasteiger partial charge in [-0.05, 0) is 52.3 Å². The predicted molar refractivity (Wildman–Crippen MR) is 75.5 cm³/mol. The van der Waals surface area contributed by atoms with Gasteiger partial charge in [-0.3, -0.25) is 4.79 Å². The molecule has 0 saturated heterocycles. The van der Waals surface area contributed by atoms with E-state index >= 15 is 0 Å². The van der Waals surface area contributed by atoms with Gasteiger partial charge in [0.15, 0.2) is 0 Å². The van der Waals surface area contributed by atoms with E-state index < -0.39 is 6.04 Å². The second-order valence-electron chi connectivity index (χ2n) is 4.91. The molecule has 3 nitrogen and oxygen atoms in total. The highest BCUT2D eigenvalue weighted by Gasteiger charge is 2.26.